The minimum atomic E-state index is -0.193. The van der Waals surface area contributed by atoms with Crippen molar-refractivity contribution in [2.75, 3.05) is 6.54 Å². The number of unbranched alkanes of at least 4 members (excludes halogenated alkanes) is 1. The molecule has 0 bridgehead atoms. The van der Waals surface area contributed by atoms with E-state index in [9.17, 15) is 0 Å². The molecule has 2 rings (SSSR count). The lowest BCUT2D eigenvalue weighted by Gasteiger charge is -2.23. The molecule has 110 valence electrons. The smallest absolute Gasteiger partial charge is 0.144 e. The number of oxime groups is 1. The van der Waals surface area contributed by atoms with E-state index in [1.54, 1.807) is 0 Å². The fourth-order valence-corrected chi connectivity index (χ4v) is 2.85. The molecule has 0 aromatic rings. The van der Waals surface area contributed by atoms with Gasteiger partial charge in [-0.15, -0.1) is 0 Å². The third-order valence-electron chi connectivity index (χ3n) is 4.67. The van der Waals surface area contributed by atoms with Crippen molar-refractivity contribution in [3.05, 3.63) is 0 Å². The van der Waals surface area contributed by atoms with Crippen molar-refractivity contribution in [1.29, 1.82) is 0 Å². The van der Waals surface area contributed by atoms with E-state index in [0.717, 1.165) is 37.3 Å². The Morgan fingerprint density at radius 2 is 1.84 bits per heavy atom. The Morgan fingerprint density at radius 3 is 2.32 bits per heavy atom. The number of hydrogen-bond donors (Lipinski definition) is 3. The van der Waals surface area contributed by atoms with Gasteiger partial charge in [-0.1, -0.05) is 25.4 Å². The highest BCUT2D eigenvalue weighted by Gasteiger charge is 2.40. The van der Waals surface area contributed by atoms with E-state index in [0.29, 0.717) is 5.84 Å². The van der Waals surface area contributed by atoms with Crippen LogP contribution in [0.4, 0.5) is 0 Å². The van der Waals surface area contributed by atoms with E-state index in [1.807, 2.05) is 13.8 Å². The van der Waals surface area contributed by atoms with Gasteiger partial charge in [0.05, 0.1) is 0 Å². The van der Waals surface area contributed by atoms with Gasteiger partial charge in [-0.25, -0.2) is 0 Å². The zero-order valence-electron chi connectivity index (χ0n) is 12.4. The third kappa shape index (κ3) is 4.37. The largest absolute Gasteiger partial charge is 0.409 e. The van der Waals surface area contributed by atoms with E-state index in [1.165, 1.54) is 32.1 Å². The molecule has 0 aromatic heterocycles. The van der Waals surface area contributed by atoms with Gasteiger partial charge in [0.25, 0.3) is 0 Å². The third-order valence-corrected chi connectivity index (χ3v) is 4.67. The highest BCUT2D eigenvalue weighted by atomic mass is 16.4. The van der Waals surface area contributed by atoms with Crippen LogP contribution in [0.2, 0.25) is 0 Å². The molecule has 4 N–H and O–H groups in total. The van der Waals surface area contributed by atoms with Crippen molar-refractivity contribution in [2.24, 2.45) is 28.1 Å². The van der Waals surface area contributed by atoms with Gasteiger partial charge in [0.15, 0.2) is 0 Å². The van der Waals surface area contributed by atoms with Crippen LogP contribution in [0.1, 0.15) is 58.8 Å². The highest BCUT2D eigenvalue weighted by Crippen LogP contribution is 2.44. The van der Waals surface area contributed by atoms with Crippen molar-refractivity contribution in [2.45, 2.75) is 64.8 Å². The van der Waals surface area contributed by atoms with Gasteiger partial charge >= 0.3 is 0 Å². The van der Waals surface area contributed by atoms with Gasteiger partial charge in [-0.05, 0) is 56.9 Å². The molecular weight excluding hydrogens is 238 g/mol. The zero-order chi connectivity index (χ0) is 13.9. The summed E-state index contributed by atoms with van der Waals surface area (Å²) >= 11 is 0. The summed E-state index contributed by atoms with van der Waals surface area (Å²) in [5, 5.41) is 15.6. The van der Waals surface area contributed by atoms with Crippen molar-refractivity contribution >= 4 is 5.84 Å². The van der Waals surface area contributed by atoms with Crippen molar-refractivity contribution in [3.8, 4) is 0 Å². The molecule has 19 heavy (non-hydrogen) atoms. The van der Waals surface area contributed by atoms with E-state index in [-0.39, 0.29) is 5.41 Å². The van der Waals surface area contributed by atoms with Crippen LogP contribution in [0.15, 0.2) is 5.16 Å². The molecule has 0 saturated heterocycles. The summed E-state index contributed by atoms with van der Waals surface area (Å²) in [7, 11) is 0. The van der Waals surface area contributed by atoms with Crippen LogP contribution in [-0.4, -0.2) is 23.6 Å². The maximum atomic E-state index is 8.73. The SMILES string of the molecule is CC(C)(CCCCNC(C1CC1)C1CC1)C(N)=NO. The number of nitrogens with one attached hydrogen (secondary N) is 1. The number of hydrogen-bond acceptors (Lipinski definition) is 3. The summed E-state index contributed by atoms with van der Waals surface area (Å²) in [6, 6.07) is 0.803. The minimum Gasteiger partial charge on any atom is -0.409 e. The quantitative estimate of drug-likeness (QED) is 0.198. The summed E-state index contributed by atoms with van der Waals surface area (Å²) < 4.78 is 0. The topological polar surface area (TPSA) is 70.6 Å². The fourth-order valence-electron chi connectivity index (χ4n) is 2.85. The summed E-state index contributed by atoms with van der Waals surface area (Å²) in [6.07, 6.45) is 9.02. The zero-order valence-corrected chi connectivity index (χ0v) is 12.4. The van der Waals surface area contributed by atoms with Crippen LogP contribution >= 0.6 is 0 Å². The molecule has 4 heteroatoms. The first-order valence-corrected chi connectivity index (χ1v) is 7.76. The molecule has 0 unspecified atom stereocenters. The molecule has 2 fully saturated rings. The van der Waals surface area contributed by atoms with Crippen LogP contribution in [0.5, 0.6) is 0 Å². The minimum absolute atomic E-state index is 0.193. The number of nitrogens with zero attached hydrogens (tertiary/aromatic N) is 1. The maximum absolute atomic E-state index is 8.73. The molecule has 0 aromatic carbocycles. The second kappa shape index (κ2) is 6.12. The van der Waals surface area contributed by atoms with Gasteiger partial charge in [0, 0.05) is 11.5 Å². The highest BCUT2D eigenvalue weighted by molar-refractivity contribution is 5.85. The lowest BCUT2D eigenvalue weighted by molar-refractivity contribution is 0.304. The molecule has 2 aliphatic carbocycles. The van der Waals surface area contributed by atoms with Crippen LogP contribution in [0.3, 0.4) is 0 Å². The van der Waals surface area contributed by atoms with Crippen LogP contribution in [0, 0.1) is 17.3 Å². The van der Waals surface area contributed by atoms with Gasteiger partial charge < -0.3 is 16.3 Å². The van der Waals surface area contributed by atoms with Crippen LogP contribution in [-0.2, 0) is 0 Å². The normalized spacial score (nSPS) is 21.1. The van der Waals surface area contributed by atoms with Crippen molar-refractivity contribution < 1.29 is 5.21 Å². The molecule has 0 heterocycles. The number of nitrogens with two attached hydrogens (primary N) is 1. The monoisotopic (exact) mass is 267 g/mol. The Hall–Kier alpha value is -0.770. The van der Waals surface area contributed by atoms with Gasteiger partial charge in [0.2, 0.25) is 0 Å². The Kier molecular flexibility index (Phi) is 4.71. The average Bonchev–Trinajstić information content (AvgIpc) is 3.25. The first-order valence-electron chi connectivity index (χ1n) is 7.76. The average molecular weight is 267 g/mol. The van der Waals surface area contributed by atoms with E-state index < -0.39 is 0 Å². The molecule has 0 radical (unpaired) electrons. The van der Waals surface area contributed by atoms with Crippen LogP contribution in [0.25, 0.3) is 0 Å². The summed E-state index contributed by atoms with van der Waals surface area (Å²) in [4.78, 5) is 0. The van der Waals surface area contributed by atoms with Crippen LogP contribution < -0.4 is 11.1 Å². The van der Waals surface area contributed by atoms with E-state index in [4.69, 9.17) is 10.9 Å². The Bertz CT molecular complexity index is 307. The lowest BCUT2D eigenvalue weighted by Crippen LogP contribution is -2.34. The predicted octanol–water partition coefficient (Wildman–Crippen LogP) is 2.71. The number of amidine groups is 1. The summed E-state index contributed by atoms with van der Waals surface area (Å²) in [6.45, 7) is 5.18. The van der Waals surface area contributed by atoms with Gasteiger partial charge in [-0.2, -0.15) is 0 Å². The first-order chi connectivity index (χ1) is 9.04. The second-order valence-electron chi connectivity index (χ2n) is 6.98. The Labute approximate surface area is 116 Å². The maximum Gasteiger partial charge on any atom is 0.144 e. The van der Waals surface area contributed by atoms with Crippen molar-refractivity contribution in [3.63, 3.8) is 0 Å². The van der Waals surface area contributed by atoms with Gasteiger partial charge in [-0.3, -0.25) is 0 Å². The second-order valence-corrected chi connectivity index (χ2v) is 6.98. The number of rotatable bonds is 9. The van der Waals surface area contributed by atoms with E-state index in [2.05, 4.69) is 10.5 Å². The molecule has 0 amide bonds. The molecule has 2 saturated carbocycles. The fraction of sp³-hybridized carbons (Fsp3) is 0.933. The van der Waals surface area contributed by atoms with E-state index >= 15 is 0 Å². The molecule has 0 spiro atoms. The summed E-state index contributed by atoms with van der Waals surface area (Å²) in [5.41, 5.74) is 5.50. The Morgan fingerprint density at radius 1 is 1.26 bits per heavy atom. The molecular formula is C15H29N3O. The van der Waals surface area contributed by atoms with Crippen molar-refractivity contribution in [1.82, 2.24) is 5.32 Å². The molecule has 0 atom stereocenters. The molecule has 4 nitrogen and oxygen atoms in total. The first kappa shape index (κ1) is 14.6. The predicted molar refractivity (Wildman–Crippen MR) is 78.3 cm³/mol. The lowest BCUT2D eigenvalue weighted by atomic mass is 9.86. The molecule has 0 aliphatic heterocycles. The van der Waals surface area contributed by atoms with Gasteiger partial charge in [0.1, 0.15) is 5.84 Å². The summed E-state index contributed by atoms with van der Waals surface area (Å²) in [5.74, 6) is 2.29. The standard InChI is InChI=1S/C15H29N3O/c1-15(2,14(16)18-19)9-3-4-10-17-13(11-5-6-11)12-7-8-12/h11-13,17,19H,3-10H2,1-2H3,(H2,16,18). The molecule has 2 aliphatic rings. The Balaban J connectivity index is 1.59.